The normalized spacial score (nSPS) is 14.3. The van der Waals surface area contributed by atoms with Crippen molar-refractivity contribution in [3.8, 4) is 0 Å². The predicted octanol–water partition coefficient (Wildman–Crippen LogP) is 0.467. The number of pyridine rings is 1. The van der Waals surface area contributed by atoms with E-state index in [1.807, 2.05) is 12.1 Å². The minimum atomic E-state index is -0.340. The number of hydrogen-bond donors (Lipinski definition) is 2. The first-order valence-corrected chi connectivity index (χ1v) is 4.76. The number of hydrogen-bond acceptors (Lipinski definition) is 3. The molecule has 2 rings (SSSR count). The van der Waals surface area contributed by atoms with Gasteiger partial charge in [0.1, 0.15) is 5.82 Å². The highest BCUT2D eigenvalue weighted by Gasteiger charge is 2.10. The smallest absolute Gasteiger partial charge is 0.223 e. The van der Waals surface area contributed by atoms with Crippen LogP contribution in [0.2, 0.25) is 0 Å². The quantitative estimate of drug-likeness (QED) is 0.714. The molecule has 2 heterocycles. The second-order valence-corrected chi connectivity index (χ2v) is 3.48. The Hall–Kier alpha value is -1.58. The molecule has 3 N–H and O–H groups in total. The van der Waals surface area contributed by atoms with Crippen LogP contribution in [0.3, 0.4) is 0 Å². The summed E-state index contributed by atoms with van der Waals surface area (Å²) < 4.78 is 0. The fourth-order valence-corrected chi connectivity index (χ4v) is 1.65. The van der Waals surface area contributed by atoms with Crippen molar-refractivity contribution in [1.29, 1.82) is 0 Å². The third-order valence-electron chi connectivity index (χ3n) is 2.31. The second-order valence-electron chi connectivity index (χ2n) is 3.48. The fraction of sp³-hybridized carbons (Fsp3) is 0.400. The molecule has 4 nitrogen and oxygen atoms in total. The molecule has 0 spiro atoms. The van der Waals surface area contributed by atoms with E-state index in [0.29, 0.717) is 0 Å². The van der Waals surface area contributed by atoms with Gasteiger partial charge in [0.05, 0.1) is 12.1 Å². The van der Waals surface area contributed by atoms with E-state index in [9.17, 15) is 4.79 Å². The Morgan fingerprint density at radius 2 is 2.43 bits per heavy atom. The van der Waals surface area contributed by atoms with Gasteiger partial charge in [-0.2, -0.15) is 0 Å². The summed E-state index contributed by atoms with van der Waals surface area (Å²) in [6.45, 7) is 0.958. The molecule has 1 aromatic rings. The zero-order valence-corrected chi connectivity index (χ0v) is 7.92. The number of carbonyl (C=O) groups excluding carboxylic acids is 1. The number of rotatable bonds is 2. The van der Waals surface area contributed by atoms with Crippen LogP contribution >= 0.6 is 0 Å². The summed E-state index contributed by atoms with van der Waals surface area (Å²) in [6.07, 6.45) is 2.42. The van der Waals surface area contributed by atoms with E-state index in [-0.39, 0.29) is 12.3 Å². The first kappa shape index (κ1) is 8.99. The Morgan fingerprint density at radius 3 is 3.21 bits per heavy atom. The molecule has 0 bridgehead atoms. The molecular weight excluding hydrogens is 178 g/mol. The van der Waals surface area contributed by atoms with Crippen LogP contribution < -0.4 is 11.1 Å². The number of aryl methyl sites for hydroxylation is 1. The molecule has 0 saturated heterocycles. The molecule has 14 heavy (non-hydrogen) atoms. The van der Waals surface area contributed by atoms with Crippen LogP contribution in [-0.2, 0) is 17.6 Å². The highest BCUT2D eigenvalue weighted by molar-refractivity contribution is 5.76. The van der Waals surface area contributed by atoms with Crippen LogP contribution in [0.1, 0.15) is 17.7 Å². The number of aromatic nitrogens is 1. The van der Waals surface area contributed by atoms with E-state index in [1.54, 1.807) is 0 Å². The van der Waals surface area contributed by atoms with Crippen LogP contribution in [0.15, 0.2) is 12.1 Å². The monoisotopic (exact) mass is 191 g/mol. The van der Waals surface area contributed by atoms with Gasteiger partial charge in [-0.3, -0.25) is 4.79 Å². The van der Waals surface area contributed by atoms with Crippen LogP contribution in [0.25, 0.3) is 0 Å². The van der Waals surface area contributed by atoms with Gasteiger partial charge in [-0.15, -0.1) is 0 Å². The number of nitrogens with zero attached hydrogens (tertiary/aromatic N) is 1. The fourth-order valence-electron chi connectivity index (χ4n) is 1.65. The van der Waals surface area contributed by atoms with Crippen molar-refractivity contribution in [2.75, 3.05) is 11.9 Å². The van der Waals surface area contributed by atoms with Crippen LogP contribution in [0.4, 0.5) is 5.82 Å². The molecule has 1 amide bonds. The summed E-state index contributed by atoms with van der Waals surface area (Å²) in [7, 11) is 0. The summed E-state index contributed by atoms with van der Waals surface area (Å²) in [5.41, 5.74) is 7.07. The summed E-state index contributed by atoms with van der Waals surface area (Å²) in [6, 6.07) is 3.89. The summed E-state index contributed by atoms with van der Waals surface area (Å²) in [5, 5.41) is 3.21. The van der Waals surface area contributed by atoms with Gasteiger partial charge in [-0.1, -0.05) is 6.07 Å². The number of nitrogens with one attached hydrogen (secondary N) is 1. The molecule has 1 aliphatic rings. The summed E-state index contributed by atoms with van der Waals surface area (Å²) in [4.78, 5) is 15.0. The Kier molecular flexibility index (Phi) is 2.35. The van der Waals surface area contributed by atoms with E-state index in [0.717, 1.165) is 30.9 Å². The molecular formula is C10H13N3O. The van der Waals surface area contributed by atoms with E-state index in [4.69, 9.17) is 5.73 Å². The van der Waals surface area contributed by atoms with Crippen molar-refractivity contribution in [3.05, 3.63) is 23.4 Å². The average Bonchev–Trinajstić information content (AvgIpc) is 2.17. The van der Waals surface area contributed by atoms with E-state index in [1.165, 1.54) is 5.56 Å². The van der Waals surface area contributed by atoms with Gasteiger partial charge < -0.3 is 11.1 Å². The molecule has 0 fully saturated rings. The van der Waals surface area contributed by atoms with Gasteiger partial charge in [0.2, 0.25) is 5.91 Å². The lowest BCUT2D eigenvalue weighted by atomic mass is 10.1. The lowest BCUT2D eigenvalue weighted by Gasteiger charge is -2.17. The first-order valence-electron chi connectivity index (χ1n) is 4.76. The summed E-state index contributed by atoms with van der Waals surface area (Å²) in [5.74, 6) is 0.572. The number of anilines is 1. The number of carbonyl (C=O) groups is 1. The van der Waals surface area contributed by atoms with Crippen LogP contribution in [0, 0.1) is 0 Å². The van der Waals surface area contributed by atoms with Crippen LogP contribution in [-0.4, -0.2) is 17.4 Å². The lowest BCUT2D eigenvalue weighted by molar-refractivity contribution is -0.117. The Bertz CT molecular complexity index is 362. The van der Waals surface area contributed by atoms with Gasteiger partial charge in [0.25, 0.3) is 0 Å². The molecule has 0 atom stereocenters. The lowest BCUT2D eigenvalue weighted by Crippen LogP contribution is -2.17. The number of primary amides is 1. The SMILES string of the molecule is NC(=O)Cc1ccc2c(n1)NCCC2. The molecule has 74 valence electrons. The Balaban J connectivity index is 2.24. The Morgan fingerprint density at radius 1 is 1.57 bits per heavy atom. The molecule has 0 aromatic carbocycles. The van der Waals surface area contributed by atoms with Crippen molar-refractivity contribution in [1.82, 2.24) is 4.98 Å². The first-order chi connectivity index (χ1) is 6.75. The average molecular weight is 191 g/mol. The third-order valence-corrected chi connectivity index (χ3v) is 2.31. The van der Waals surface area contributed by atoms with Gasteiger partial charge in [-0.25, -0.2) is 4.98 Å². The van der Waals surface area contributed by atoms with Crippen molar-refractivity contribution < 1.29 is 4.79 Å². The third kappa shape index (κ3) is 1.84. The number of amides is 1. The van der Waals surface area contributed by atoms with Gasteiger partial charge in [0, 0.05) is 6.54 Å². The largest absolute Gasteiger partial charge is 0.370 e. The predicted molar refractivity (Wildman–Crippen MR) is 53.9 cm³/mol. The highest BCUT2D eigenvalue weighted by atomic mass is 16.1. The van der Waals surface area contributed by atoms with E-state index in [2.05, 4.69) is 10.3 Å². The molecule has 1 aliphatic heterocycles. The highest BCUT2D eigenvalue weighted by Crippen LogP contribution is 2.19. The second kappa shape index (κ2) is 3.65. The van der Waals surface area contributed by atoms with E-state index < -0.39 is 0 Å². The standard InChI is InChI=1S/C10H13N3O/c11-9(14)6-8-4-3-7-2-1-5-12-10(7)13-8/h3-4H,1-2,5-6H2,(H2,11,14)(H,12,13). The minimum Gasteiger partial charge on any atom is -0.370 e. The van der Waals surface area contributed by atoms with Gasteiger partial charge in [0.15, 0.2) is 0 Å². The molecule has 0 radical (unpaired) electrons. The number of fused-ring (bicyclic) bond motifs is 1. The molecule has 1 aromatic heterocycles. The van der Waals surface area contributed by atoms with Crippen molar-refractivity contribution in [3.63, 3.8) is 0 Å². The van der Waals surface area contributed by atoms with Gasteiger partial charge >= 0.3 is 0 Å². The van der Waals surface area contributed by atoms with Crippen LogP contribution in [0.5, 0.6) is 0 Å². The minimum absolute atomic E-state index is 0.217. The maximum absolute atomic E-state index is 10.7. The van der Waals surface area contributed by atoms with Crippen molar-refractivity contribution in [2.24, 2.45) is 5.73 Å². The molecule has 4 heteroatoms. The zero-order chi connectivity index (χ0) is 9.97. The molecule has 0 unspecified atom stereocenters. The zero-order valence-electron chi connectivity index (χ0n) is 7.92. The van der Waals surface area contributed by atoms with E-state index >= 15 is 0 Å². The molecule has 0 saturated carbocycles. The van der Waals surface area contributed by atoms with Crippen molar-refractivity contribution in [2.45, 2.75) is 19.3 Å². The maximum atomic E-state index is 10.7. The summed E-state index contributed by atoms with van der Waals surface area (Å²) >= 11 is 0. The maximum Gasteiger partial charge on any atom is 0.223 e. The Labute approximate surface area is 82.5 Å². The number of nitrogens with two attached hydrogens (primary N) is 1. The van der Waals surface area contributed by atoms with Crippen molar-refractivity contribution >= 4 is 11.7 Å². The molecule has 0 aliphatic carbocycles. The topological polar surface area (TPSA) is 68.0 Å². The van der Waals surface area contributed by atoms with Gasteiger partial charge in [-0.05, 0) is 24.5 Å².